The molecule has 104 valence electrons. The van der Waals surface area contributed by atoms with Gasteiger partial charge in [0.05, 0.1) is 17.3 Å². The van der Waals surface area contributed by atoms with Crippen LogP contribution in [0.2, 0.25) is 0 Å². The number of benzene rings is 2. The Morgan fingerprint density at radius 3 is 2.71 bits per heavy atom. The lowest BCUT2D eigenvalue weighted by Gasteiger charge is -2.08. The van der Waals surface area contributed by atoms with E-state index in [0.29, 0.717) is 5.52 Å². The molecule has 0 aliphatic heterocycles. The lowest BCUT2D eigenvalue weighted by molar-refractivity contribution is 0.486. The Morgan fingerprint density at radius 2 is 1.90 bits per heavy atom. The average molecular weight is 317 g/mol. The quantitative estimate of drug-likeness (QED) is 0.688. The van der Waals surface area contributed by atoms with Crippen molar-refractivity contribution in [2.75, 3.05) is 0 Å². The van der Waals surface area contributed by atoms with Crippen LogP contribution in [0.5, 0.6) is 5.75 Å². The number of aromatic nitrogens is 2. The molecule has 0 N–H and O–H groups in total. The van der Waals surface area contributed by atoms with Crippen LogP contribution in [0.4, 0.5) is 0 Å². The highest BCUT2D eigenvalue weighted by molar-refractivity contribution is 7.87. The van der Waals surface area contributed by atoms with Crippen molar-refractivity contribution in [3.8, 4) is 11.8 Å². The predicted octanol–water partition coefficient (Wildman–Crippen LogP) is 2.33. The molecule has 0 saturated heterocycles. The van der Waals surface area contributed by atoms with Crippen LogP contribution >= 0.6 is 11.7 Å². The molecule has 1 heterocycles. The molecule has 0 atom stereocenters. The summed E-state index contributed by atoms with van der Waals surface area (Å²) in [6.45, 7) is 0. The molecule has 8 heteroatoms. The first-order valence-electron chi connectivity index (χ1n) is 5.77. The third-order valence-electron chi connectivity index (χ3n) is 2.73. The van der Waals surface area contributed by atoms with Crippen molar-refractivity contribution in [1.29, 1.82) is 5.26 Å². The van der Waals surface area contributed by atoms with Crippen LogP contribution in [0.3, 0.4) is 0 Å². The topological polar surface area (TPSA) is 92.9 Å². The molecular weight excluding hydrogens is 310 g/mol. The maximum atomic E-state index is 12.4. The molecule has 0 aliphatic rings. The van der Waals surface area contributed by atoms with E-state index in [2.05, 4.69) is 8.75 Å². The maximum absolute atomic E-state index is 12.4. The van der Waals surface area contributed by atoms with E-state index in [4.69, 9.17) is 9.44 Å². The van der Waals surface area contributed by atoms with E-state index in [0.717, 1.165) is 11.7 Å². The number of para-hydroxylation sites is 1. The zero-order valence-corrected chi connectivity index (χ0v) is 12.1. The molecule has 0 radical (unpaired) electrons. The second-order valence-electron chi connectivity index (χ2n) is 4.03. The molecule has 3 rings (SSSR count). The molecule has 2 aromatic carbocycles. The van der Waals surface area contributed by atoms with Gasteiger partial charge in [0.25, 0.3) is 0 Å². The van der Waals surface area contributed by atoms with Gasteiger partial charge in [-0.05, 0) is 24.3 Å². The summed E-state index contributed by atoms with van der Waals surface area (Å²) in [6.07, 6.45) is 0. The van der Waals surface area contributed by atoms with Gasteiger partial charge >= 0.3 is 10.1 Å². The number of nitrogens with zero attached hydrogens (tertiary/aromatic N) is 3. The molecule has 3 aromatic rings. The van der Waals surface area contributed by atoms with Crippen molar-refractivity contribution in [1.82, 2.24) is 8.75 Å². The Morgan fingerprint density at radius 1 is 1.10 bits per heavy atom. The second kappa shape index (κ2) is 5.12. The highest BCUT2D eigenvalue weighted by Gasteiger charge is 2.22. The van der Waals surface area contributed by atoms with E-state index in [1.54, 1.807) is 24.3 Å². The Hall–Kier alpha value is -2.50. The Kier molecular flexibility index (Phi) is 3.29. The van der Waals surface area contributed by atoms with E-state index in [9.17, 15) is 8.42 Å². The fourth-order valence-electron chi connectivity index (χ4n) is 1.78. The first-order chi connectivity index (χ1) is 10.1. The molecule has 1 aromatic heterocycles. The van der Waals surface area contributed by atoms with E-state index in [1.165, 1.54) is 18.2 Å². The van der Waals surface area contributed by atoms with Gasteiger partial charge in [-0.25, -0.2) is 0 Å². The van der Waals surface area contributed by atoms with Crippen LogP contribution in [0, 0.1) is 11.3 Å². The summed E-state index contributed by atoms with van der Waals surface area (Å²) in [6, 6.07) is 12.6. The average Bonchev–Trinajstić information content (AvgIpc) is 2.95. The van der Waals surface area contributed by atoms with Crippen molar-refractivity contribution in [2.45, 2.75) is 4.90 Å². The summed E-state index contributed by atoms with van der Waals surface area (Å²) in [5, 5.41) is 8.98. The van der Waals surface area contributed by atoms with Gasteiger partial charge in [-0.1, -0.05) is 18.2 Å². The van der Waals surface area contributed by atoms with Crippen LogP contribution in [-0.2, 0) is 10.1 Å². The van der Waals surface area contributed by atoms with Gasteiger partial charge in [0, 0.05) is 0 Å². The van der Waals surface area contributed by atoms with Gasteiger partial charge in [-0.2, -0.15) is 22.4 Å². The lowest BCUT2D eigenvalue weighted by atomic mass is 10.2. The number of hydrogen-bond acceptors (Lipinski definition) is 7. The summed E-state index contributed by atoms with van der Waals surface area (Å²) < 4.78 is 37.8. The summed E-state index contributed by atoms with van der Waals surface area (Å²) in [5.74, 6) is -0.0137. The van der Waals surface area contributed by atoms with Gasteiger partial charge in [-0.3, -0.25) is 0 Å². The van der Waals surface area contributed by atoms with Gasteiger partial charge in [0.15, 0.2) is 5.75 Å². The van der Waals surface area contributed by atoms with Crippen molar-refractivity contribution in [3.63, 3.8) is 0 Å². The molecule has 0 spiro atoms. The van der Waals surface area contributed by atoms with Crippen molar-refractivity contribution >= 4 is 32.9 Å². The minimum Gasteiger partial charge on any atom is -0.377 e. The van der Waals surface area contributed by atoms with Crippen molar-refractivity contribution in [3.05, 3.63) is 48.0 Å². The van der Waals surface area contributed by atoms with E-state index in [1.807, 2.05) is 6.07 Å². The van der Waals surface area contributed by atoms with Gasteiger partial charge in [-0.15, -0.1) is 0 Å². The third-order valence-corrected chi connectivity index (χ3v) is 4.53. The van der Waals surface area contributed by atoms with E-state index < -0.39 is 10.1 Å². The maximum Gasteiger partial charge on any atom is 0.341 e. The fraction of sp³-hybridized carbons (Fsp3) is 0. The summed E-state index contributed by atoms with van der Waals surface area (Å²) in [7, 11) is -4.09. The van der Waals surface area contributed by atoms with Crippen molar-refractivity contribution in [2.24, 2.45) is 0 Å². The summed E-state index contributed by atoms with van der Waals surface area (Å²) >= 11 is 0.925. The van der Waals surface area contributed by atoms with Gasteiger partial charge < -0.3 is 4.18 Å². The first kappa shape index (κ1) is 13.5. The number of hydrogen-bond donors (Lipinski definition) is 0. The number of rotatable bonds is 3. The lowest BCUT2D eigenvalue weighted by Crippen LogP contribution is -2.11. The Balaban J connectivity index is 2.10. The van der Waals surface area contributed by atoms with E-state index in [-0.39, 0.29) is 21.7 Å². The van der Waals surface area contributed by atoms with Gasteiger partial charge in [0.2, 0.25) is 0 Å². The molecule has 6 nitrogen and oxygen atoms in total. The van der Waals surface area contributed by atoms with Crippen LogP contribution in [0.15, 0.2) is 47.4 Å². The normalized spacial score (nSPS) is 11.2. The van der Waals surface area contributed by atoms with Gasteiger partial charge in [0.1, 0.15) is 22.0 Å². The zero-order valence-electron chi connectivity index (χ0n) is 10.4. The molecule has 21 heavy (non-hydrogen) atoms. The minimum absolute atomic E-state index is 0.0137. The number of fused-ring (bicyclic) bond motifs is 1. The monoisotopic (exact) mass is 317 g/mol. The van der Waals surface area contributed by atoms with E-state index >= 15 is 0 Å². The molecule has 0 bridgehead atoms. The molecule has 0 aliphatic carbocycles. The minimum atomic E-state index is -4.09. The van der Waals surface area contributed by atoms with Crippen molar-refractivity contribution < 1.29 is 12.6 Å². The first-order valence-corrected chi connectivity index (χ1v) is 7.90. The molecule has 0 amide bonds. The highest BCUT2D eigenvalue weighted by Crippen LogP contribution is 2.26. The van der Waals surface area contributed by atoms with Crippen LogP contribution in [0.1, 0.15) is 5.56 Å². The number of nitriles is 1. The van der Waals surface area contributed by atoms with Crippen LogP contribution < -0.4 is 4.18 Å². The van der Waals surface area contributed by atoms with Crippen LogP contribution in [-0.4, -0.2) is 17.2 Å². The highest BCUT2D eigenvalue weighted by atomic mass is 32.2. The predicted molar refractivity (Wildman–Crippen MR) is 76.4 cm³/mol. The fourth-order valence-corrected chi connectivity index (χ4v) is 3.49. The standard InChI is InChI=1S/C13H7N3O3S2/c14-8-9-4-1-2-6-11(9)19-21(17,18)12-7-3-5-10-13(12)16-20-15-10/h1-7H. The smallest absolute Gasteiger partial charge is 0.341 e. The third kappa shape index (κ3) is 2.44. The Bertz CT molecular complexity index is 958. The second-order valence-corrected chi connectivity index (χ2v) is 6.08. The molecule has 0 saturated carbocycles. The molecular formula is C13H7N3O3S2. The summed E-state index contributed by atoms with van der Waals surface area (Å²) in [5.41, 5.74) is 0.889. The van der Waals surface area contributed by atoms with Crippen LogP contribution in [0.25, 0.3) is 11.0 Å². The Labute approximate surface area is 124 Å². The molecule has 0 unspecified atom stereocenters. The zero-order chi connectivity index (χ0) is 14.9. The SMILES string of the molecule is N#Cc1ccccc1OS(=O)(=O)c1cccc2nsnc12. The largest absolute Gasteiger partial charge is 0.377 e. The summed E-state index contributed by atoms with van der Waals surface area (Å²) in [4.78, 5) is -0.0681. The molecule has 0 fully saturated rings.